The first-order valence-corrected chi connectivity index (χ1v) is 7.61. The van der Waals surface area contributed by atoms with Crippen molar-refractivity contribution in [3.05, 3.63) is 23.4 Å². The molecule has 0 saturated carbocycles. The highest BCUT2D eigenvalue weighted by Gasteiger charge is 2.10. The minimum absolute atomic E-state index is 0.250. The van der Waals surface area contributed by atoms with E-state index in [9.17, 15) is 8.42 Å². The maximum absolute atomic E-state index is 10.6. The maximum atomic E-state index is 10.6. The van der Waals surface area contributed by atoms with E-state index in [2.05, 4.69) is 11.9 Å². The normalized spacial score (nSPS) is 12.4. The predicted molar refractivity (Wildman–Crippen MR) is 69.9 cm³/mol. The van der Waals surface area contributed by atoms with Crippen LogP contribution >= 0.6 is 0 Å². The van der Waals surface area contributed by atoms with Gasteiger partial charge in [0.2, 0.25) is 5.89 Å². The summed E-state index contributed by atoms with van der Waals surface area (Å²) >= 11 is 0. The molecule has 0 unspecified atom stereocenters. The second-order valence-electron chi connectivity index (χ2n) is 4.14. The molecule has 5 nitrogen and oxygen atoms in total. The van der Waals surface area contributed by atoms with Crippen molar-refractivity contribution in [2.75, 3.05) is 5.75 Å². The SMILES string of the molecule is CCC/C=C/c1nc(CCCS(=O)(=O)O)c(C)o1. The van der Waals surface area contributed by atoms with Crippen molar-refractivity contribution in [3.63, 3.8) is 0 Å². The number of aromatic nitrogens is 1. The van der Waals surface area contributed by atoms with Gasteiger partial charge in [-0.25, -0.2) is 4.98 Å². The van der Waals surface area contributed by atoms with Crippen LogP contribution in [0.1, 0.15) is 43.5 Å². The fourth-order valence-electron chi connectivity index (χ4n) is 1.53. The number of hydrogen-bond acceptors (Lipinski definition) is 4. The first kappa shape index (κ1) is 14.9. The molecule has 1 aromatic heterocycles. The molecule has 1 N–H and O–H groups in total. The van der Waals surface area contributed by atoms with Crippen LogP contribution in [0.3, 0.4) is 0 Å². The van der Waals surface area contributed by atoms with Gasteiger partial charge in [-0.1, -0.05) is 19.4 Å². The largest absolute Gasteiger partial charge is 0.442 e. The Labute approximate surface area is 108 Å². The molecular formula is C12H19NO4S. The van der Waals surface area contributed by atoms with Gasteiger partial charge >= 0.3 is 0 Å². The Hall–Kier alpha value is -1.14. The van der Waals surface area contributed by atoms with Crippen molar-refractivity contribution >= 4 is 16.2 Å². The summed E-state index contributed by atoms with van der Waals surface area (Å²) in [5, 5.41) is 0. The second kappa shape index (κ2) is 6.70. The number of aryl methyl sites for hydroxylation is 2. The van der Waals surface area contributed by atoms with E-state index in [0.29, 0.717) is 24.5 Å². The molecule has 1 heterocycles. The Kier molecular flexibility index (Phi) is 5.55. The van der Waals surface area contributed by atoms with Crippen molar-refractivity contribution in [3.8, 4) is 0 Å². The summed E-state index contributed by atoms with van der Waals surface area (Å²) in [5.41, 5.74) is 0.745. The topological polar surface area (TPSA) is 80.4 Å². The first-order valence-electron chi connectivity index (χ1n) is 6.00. The standard InChI is InChI=1S/C12H19NO4S/c1-3-4-5-8-12-13-11(10(2)17-12)7-6-9-18(14,15)16/h5,8H,3-4,6-7,9H2,1-2H3,(H,14,15,16)/b8-5+. The van der Waals surface area contributed by atoms with Gasteiger partial charge in [0.05, 0.1) is 11.4 Å². The van der Waals surface area contributed by atoms with Crippen LogP contribution in [0.4, 0.5) is 0 Å². The number of nitrogens with zero attached hydrogens (tertiary/aromatic N) is 1. The van der Waals surface area contributed by atoms with Crippen molar-refractivity contribution in [1.82, 2.24) is 4.98 Å². The zero-order valence-electron chi connectivity index (χ0n) is 10.7. The summed E-state index contributed by atoms with van der Waals surface area (Å²) in [6.07, 6.45) is 6.67. The fourth-order valence-corrected chi connectivity index (χ4v) is 2.04. The van der Waals surface area contributed by atoms with Crippen LogP contribution in [-0.4, -0.2) is 23.7 Å². The second-order valence-corrected chi connectivity index (χ2v) is 5.71. The van der Waals surface area contributed by atoms with Crippen LogP contribution in [-0.2, 0) is 16.5 Å². The Morgan fingerprint density at radius 3 is 2.78 bits per heavy atom. The lowest BCUT2D eigenvalue weighted by Crippen LogP contribution is -2.05. The minimum Gasteiger partial charge on any atom is -0.442 e. The van der Waals surface area contributed by atoms with Crippen LogP contribution < -0.4 is 0 Å². The van der Waals surface area contributed by atoms with E-state index in [-0.39, 0.29) is 5.75 Å². The van der Waals surface area contributed by atoms with E-state index in [1.54, 1.807) is 6.92 Å². The summed E-state index contributed by atoms with van der Waals surface area (Å²) in [6.45, 7) is 3.89. The van der Waals surface area contributed by atoms with Gasteiger partial charge in [0.15, 0.2) is 0 Å². The van der Waals surface area contributed by atoms with Crippen molar-refractivity contribution < 1.29 is 17.4 Å². The van der Waals surface area contributed by atoms with Crippen molar-refractivity contribution in [2.24, 2.45) is 0 Å². The van der Waals surface area contributed by atoms with Crippen LogP contribution in [0, 0.1) is 6.92 Å². The monoisotopic (exact) mass is 273 g/mol. The van der Waals surface area contributed by atoms with Crippen molar-refractivity contribution in [1.29, 1.82) is 0 Å². The molecule has 0 aliphatic rings. The summed E-state index contributed by atoms with van der Waals surface area (Å²) in [6, 6.07) is 0. The molecule has 0 aromatic carbocycles. The van der Waals surface area contributed by atoms with E-state index in [0.717, 1.165) is 18.5 Å². The zero-order chi connectivity index (χ0) is 13.6. The third-order valence-electron chi connectivity index (χ3n) is 2.44. The maximum Gasteiger partial charge on any atom is 0.264 e. The quantitative estimate of drug-likeness (QED) is 0.772. The van der Waals surface area contributed by atoms with Gasteiger partial charge in [0.25, 0.3) is 10.1 Å². The van der Waals surface area contributed by atoms with Crippen LogP contribution in [0.2, 0.25) is 0 Å². The van der Waals surface area contributed by atoms with Gasteiger partial charge in [-0.15, -0.1) is 0 Å². The number of allylic oxidation sites excluding steroid dienone is 1. The Morgan fingerprint density at radius 1 is 1.44 bits per heavy atom. The fraction of sp³-hybridized carbons (Fsp3) is 0.583. The predicted octanol–water partition coefficient (Wildman–Crippen LogP) is 2.62. The van der Waals surface area contributed by atoms with Gasteiger partial charge in [0, 0.05) is 0 Å². The molecule has 0 saturated heterocycles. The Morgan fingerprint density at radius 2 is 2.17 bits per heavy atom. The molecule has 102 valence electrons. The average Bonchev–Trinajstić information content (AvgIpc) is 2.58. The number of hydrogen-bond donors (Lipinski definition) is 1. The zero-order valence-corrected chi connectivity index (χ0v) is 11.5. The lowest BCUT2D eigenvalue weighted by atomic mass is 10.2. The van der Waals surface area contributed by atoms with Gasteiger partial charge in [-0.05, 0) is 32.3 Å². The first-order chi connectivity index (χ1) is 8.42. The van der Waals surface area contributed by atoms with E-state index >= 15 is 0 Å². The molecule has 0 aliphatic heterocycles. The highest BCUT2D eigenvalue weighted by molar-refractivity contribution is 7.85. The summed E-state index contributed by atoms with van der Waals surface area (Å²) in [5.74, 6) is 0.990. The molecule has 0 radical (unpaired) electrons. The van der Waals surface area contributed by atoms with E-state index in [1.807, 2.05) is 12.2 Å². The third kappa shape index (κ3) is 5.46. The van der Waals surface area contributed by atoms with Gasteiger partial charge in [-0.2, -0.15) is 8.42 Å². The molecule has 0 fully saturated rings. The van der Waals surface area contributed by atoms with Crippen LogP contribution in [0.15, 0.2) is 10.5 Å². The van der Waals surface area contributed by atoms with E-state index in [1.165, 1.54) is 0 Å². The third-order valence-corrected chi connectivity index (χ3v) is 3.25. The van der Waals surface area contributed by atoms with Crippen molar-refractivity contribution in [2.45, 2.75) is 39.5 Å². The Bertz CT molecular complexity index is 502. The minimum atomic E-state index is -3.89. The lowest BCUT2D eigenvalue weighted by molar-refractivity contribution is 0.480. The molecule has 0 spiro atoms. The molecule has 18 heavy (non-hydrogen) atoms. The van der Waals surface area contributed by atoms with Gasteiger partial charge in [0.1, 0.15) is 5.76 Å². The van der Waals surface area contributed by atoms with E-state index < -0.39 is 10.1 Å². The number of oxazole rings is 1. The molecule has 0 bridgehead atoms. The number of rotatable bonds is 7. The molecule has 1 rings (SSSR count). The highest BCUT2D eigenvalue weighted by Crippen LogP contribution is 2.13. The Balaban J connectivity index is 2.56. The molecular weight excluding hydrogens is 254 g/mol. The molecule has 6 heteroatoms. The molecule has 0 aliphatic carbocycles. The van der Waals surface area contributed by atoms with E-state index in [4.69, 9.17) is 8.97 Å². The summed E-state index contributed by atoms with van der Waals surface area (Å²) < 4.78 is 35.2. The lowest BCUT2D eigenvalue weighted by Gasteiger charge is -1.95. The summed E-state index contributed by atoms with van der Waals surface area (Å²) in [7, 11) is -3.89. The smallest absolute Gasteiger partial charge is 0.264 e. The summed E-state index contributed by atoms with van der Waals surface area (Å²) in [4.78, 5) is 4.27. The molecule has 1 aromatic rings. The van der Waals surface area contributed by atoms with Crippen LogP contribution in [0.25, 0.3) is 6.08 Å². The molecule has 0 amide bonds. The van der Waals surface area contributed by atoms with Crippen LogP contribution in [0.5, 0.6) is 0 Å². The van der Waals surface area contributed by atoms with Gasteiger partial charge < -0.3 is 4.42 Å². The number of unbranched alkanes of at least 4 members (excludes halogenated alkanes) is 1. The van der Waals surface area contributed by atoms with Gasteiger partial charge in [-0.3, -0.25) is 4.55 Å². The highest BCUT2D eigenvalue weighted by atomic mass is 32.2. The molecule has 0 atom stereocenters. The average molecular weight is 273 g/mol.